The van der Waals surface area contributed by atoms with Gasteiger partial charge in [-0.1, -0.05) is 72.8 Å². The fourth-order valence-corrected chi connectivity index (χ4v) is 5.12. The predicted molar refractivity (Wildman–Crippen MR) is 153 cm³/mol. The van der Waals surface area contributed by atoms with Crippen LogP contribution in [-0.4, -0.2) is 18.3 Å². The van der Waals surface area contributed by atoms with Gasteiger partial charge in [0.05, 0.1) is 22.8 Å². The molecule has 0 N–H and O–H groups in total. The summed E-state index contributed by atoms with van der Waals surface area (Å²) in [5, 5.41) is 14.2. The maximum absolute atomic E-state index is 9.28. The number of nitrogens with zero attached hydrogens (tertiary/aromatic N) is 1. The molecule has 1 heterocycles. The molecule has 6 rings (SSSR count). The van der Waals surface area contributed by atoms with Gasteiger partial charge in [-0.25, -0.2) is 0 Å². The highest BCUT2D eigenvalue weighted by Crippen LogP contribution is 2.39. The van der Waals surface area contributed by atoms with Crippen LogP contribution in [0.2, 0.25) is 0 Å². The van der Waals surface area contributed by atoms with Crippen molar-refractivity contribution < 1.29 is 9.31 Å². The molecule has 4 heteroatoms. The molecule has 180 valence electrons. The average Bonchev–Trinajstić information content (AvgIpc) is 3.14. The Morgan fingerprint density at radius 3 is 1.89 bits per heavy atom. The third-order valence-corrected chi connectivity index (χ3v) is 7.91. The van der Waals surface area contributed by atoms with E-state index >= 15 is 0 Å². The van der Waals surface area contributed by atoms with Crippen LogP contribution in [0.1, 0.15) is 33.3 Å². The molecule has 37 heavy (non-hydrogen) atoms. The van der Waals surface area contributed by atoms with E-state index in [2.05, 4.69) is 107 Å². The van der Waals surface area contributed by atoms with Crippen molar-refractivity contribution in [1.29, 1.82) is 5.26 Å². The Balaban J connectivity index is 1.59. The van der Waals surface area contributed by atoms with Crippen LogP contribution in [0.3, 0.4) is 0 Å². The van der Waals surface area contributed by atoms with Gasteiger partial charge in [0, 0.05) is 0 Å². The monoisotopic (exact) mass is 481 g/mol. The molecule has 0 amide bonds. The highest BCUT2D eigenvalue weighted by Gasteiger charge is 2.51. The van der Waals surface area contributed by atoms with Crippen molar-refractivity contribution in [3.8, 4) is 28.3 Å². The van der Waals surface area contributed by atoms with Gasteiger partial charge in [0.15, 0.2) is 0 Å². The van der Waals surface area contributed by atoms with E-state index in [9.17, 15) is 5.26 Å². The lowest BCUT2D eigenvalue weighted by molar-refractivity contribution is 0.00578. The normalized spacial score (nSPS) is 16.2. The first-order valence-electron chi connectivity index (χ1n) is 12.7. The van der Waals surface area contributed by atoms with E-state index in [-0.39, 0.29) is 0 Å². The zero-order valence-corrected chi connectivity index (χ0v) is 21.6. The first-order chi connectivity index (χ1) is 17.8. The smallest absolute Gasteiger partial charge is 0.399 e. The van der Waals surface area contributed by atoms with Gasteiger partial charge in [0.2, 0.25) is 0 Å². The van der Waals surface area contributed by atoms with E-state index in [1.165, 1.54) is 27.1 Å². The molecule has 0 bridgehead atoms. The van der Waals surface area contributed by atoms with E-state index < -0.39 is 18.3 Å². The highest BCUT2D eigenvalue weighted by atomic mass is 16.7. The van der Waals surface area contributed by atoms with Crippen LogP contribution in [-0.2, 0) is 9.31 Å². The highest BCUT2D eigenvalue weighted by molar-refractivity contribution is 6.62. The van der Waals surface area contributed by atoms with Gasteiger partial charge >= 0.3 is 7.12 Å². The van der Waals surface area contributed by atoms with Crippen LogP contribution in [0.15, 0.2) is 97.1 Å². The van der Waals surface area contributed by atoms with Crippen LogP contribution in [0.5, 0.6) is 0 Å². The van der Waals surface area contributed by atoms with Crippen LogP contribution in [0.4, 0.5) is 0 Å². The summed E-state index contributed by atoms with van der Waals surface area (Å²) in [6.07, 6.45) is 0. The van der Waals surface area contributed by atoms with E-state index in [0.29, 0.717) is 5.56 Å². The predicted octanol–water partition coefficient (Wildman–Crippen LogP) is 7.50. The van der Waals surface area contributed by atoms with Crippen molar-refractivity contribution in [2.75, 3.05) is 0 Å². The second-order valence-electron chi connectivity index (χ2n) is 10.8. The standard InChI is InChI=1S/C33H28BNO2/c1-32(2)33(3,4)37-34(36-32)27-18-25(23-15-13-22(21-35)14-16-23)17-26(19-27)31-20-24-9-5-6-10-28(24)29-11-7-8-12-30(29)31/h5-20H,1-4H3. The van der Waals surface area contributed by atoms with Gasteiger partial charge in [-0.05, 0) is 101 Å². The summed E-state index contributed by atoms with van der Waals surface area (Å²) in [4.78, 5) is 0. The summed E-state index contributed by atoms with van der Waals surface area (Å²) in [7, 11) is -0.478. The zero-order chi connectivity index (χ0) is 25.8. The molecule has 0 saturated carbocycles. The number of hydrogen-bond acceptors (Lipinski definition) is 3. The molecule has 1 aliphatic heterocycles. The summed E-state index contributed by atoms with van der Waals surface area (Å²) in [6, 6.07) is 35.9. The summed E-state index contributed by atoms with van der Waals surface area (Å²) in [5.74, 6) is 0. The molecule has 1 fully saturated rings. The maximum Gasteiger partial charge on any atom is 0.494 e. The van der Waals surface area contributed by atoms with Gasteiger partial charge in [-0.15, -0.1) is 0 Å². The van der Waals surface area contributed by atoms with E-state index in [4.69, 9.17) is 9.31 Å². The van der Waals surface area contributed by atoms with Crippen LogP contribution in [0, 0.1) is 11.3 Å². The molecule has 5 aromatic rings. The lowest BCUT2D eigenvalue weighted by Gasteiger charge is -2.32. The van der Waals surface area contributed by atoms with E-state index in [0.717, 1.165) is 22.2 Å². The Hall–Kier alpha value is -3.91. The molecule has 5 aromatic carbocycles. The number of hydrogen-bond donors (Lipinski definition) is 0. The van der Waals surface area contributed by atoms with Gasteiger partial charge < -0.3 is 9.31 Å². The van der Waals surface area contributed by atoms with Gasteiger partial charge in [-0.2, -0.15) is 5.26 Å². The van der Waals surface area contributed by atoms with Gasteiger partial charge in [0.1, 0.15) is 0 Å². The summed E-state index contributed by atoms with van der Waals surface area (Å²) >= 11 is 0. The quantitative estimate of drug-likeness (QED) is 0.198. The summed E-state index contributed by atoms with van der Waals surface area (Å²) in [5.41, 5.74) is 5.14. The second kappa shape index (κ2) is 8.59. The van der Waals surface area contributed by atoms with Gasteiger partial charge in [-0.3, -0.25) is 0 Å². The first-order valence-corrected chi connectivity index (χ1v) is 12.7. The summed E-state index contributed by atoms with van der Waals surface area (Å²) < 4.78 is 12.9. The molecule has 1 aliphatic rings. The third-order valence-electron chi connectivity index (χ3n) is 7.91. The van der Waals surface area contributed by atoms with Crippen molar-refractivity contribution in [3.63, 3.8) is 0 Å². The molecular formula is C33H28BNO2. The molecule has 0 aliphatic carbocycles. The SMILES string of the molecule is CC1(C)OB(c2cc(-c3ccc(C#N)cc3)cc(-c3cc4ccccc4c4ccccc34)c2)OC1(C)C. The molecule has 3 nitrogen and oxygen atoms in total. The van der Waals surface area contributed by atoms with Crippen LogP contribution >= 0.6 is 0 Å². The van der Waals surface area contributed by atoms with Crippen molar-refractivity contribution in [1.82, 2.24) is 0 Å². The van der Waals surface area contributed by atoms with Crippen LogP contribution in [0.25, 0.3) is 43.8 Å². The van der Waals surface area contributed by atoms with Crippen LogP contribution < -0.4 is 5.46 Å². The minimum atomic E-state index is -0.478. The Kier molecular flexibility index (Phi) is 5.46. The summed E-state index contributed by atoms with van der Waals surface area (Å²) in [6.45, 7) is 8.31. The minimum absolute atomic E-state index is 0.433. The number of nitriles is 1. The lowest BCUT2D eigenvalue weighted by Crippen LogP contribution is -2.41. The third kappa shape index (κ3) is 4.01. The zero-order valence-electron chi connectivity index (χ0n) is 21.6. The van der Waals surface area contributed by atoms with Crippen molar-refractivity contribution in [2.45, 2.75) is 38.9 Å². The largest absolute Gasteiger partial charge is 0.494 e. The van der Waals surface area contributed by atoms with Crippen molar-refractivity contribution in [2.24, 2.45) is 0 Å². The fourth-order valence-electron chi connectivity index (χ4n) is 5.12. The molecular weight excluding hydrogens is 453 g/mol. The molecule has 0 radical (unpaired) electrons. The maximum atomic E-state index is 9.28. The number of fused-ring (bicyclic) bond motifs is 3. The Bertz CT molecular complexity index is 1680. The second-order valence-corrected chi connectivity index (χ2v) is 10.8. The Labute approximate surface area is 218 Å². The fraction of sp³-hybridized carbons (Fsp3) is 0.182. The lowest BCUT2D eigenvalue weighted by atomic mass is 9.76. The Morgan fingerprint density at radius 1 is 0.622 bits per heavy atom. The minimum Gasteiger partial charge on any atom is -0.399 e. The average molecular weight is 481 g/mol. The molecule has 0 atom stereocenters. The van der Waals surface area contributed by atoms with Crippen molar-refractivity contribution in [3.05, 3.63) is 103 Å². The number of benzene rings is 5. The molecule has 1 saturated heterocycles. The Morgan fingerprint density at radius 2 is 1.22 bits per heavy atom. The van der Waals surface area contributed by atoms with E-state index in [1.54, 1.807) is 0 Å². The van der Waals surface area contributed by atoms with Crippen molar-refractivity contribution >= 4 is 34.1 Å². The molecule has 0 spiro atoms. The van der Waals surface area contributed by atoms with Gasteiger partial charge in [0.25, 0.3) is 0 Å². The molecule has 0 unspecified atom stereocenters. The number of rotatable bonds is 3. The topological polar surface area (TPSA) is 42.2 Å². The molecule has 0 aromatic heterocycles. The first kappa shape index (κ1) is 23.5. The van der Waals surface area contributed by atoms with E-state index in [1.807, 2.05) is 24.3 Å².